The van der Waals surface area contributed by atoms with E-state index >= 15 is 0 Å². The van der Waals surface area contributed by atoms with Gasteiger partial charge < -0.3 is 20.9 Å². The SMILES string of the molecule is CCNC(=NCC(=O)Nc1ccccc1)NC1CCN(c2cccs2)CC1.I. The lowest BCUT2D eigenvalue weighted by molar-refractivity contribution is -0.114. The highest BCUT2D eigenvalue weighted by Crippen LogP contribution is 2.24. The average molecular weight is 513 g/mol. The number of carbonyl (C=O) groups excluding carboxylic acids is 1. The monoisotopic (exact) mass is 513 g/mol. The first-order chi connectivity index (χ1) is 13.2. The number of hydrogen-bond donors (Lipinski definition) is 3. The van der Waals surface area contributed by atoms with Crippen LogP contribution in [0.5, 0.6) is 0 Å². The van der Waals surface area contributed by atoms with Crippen molar-refractivity contribution in [2.75, 3.05) is 36.4 Å². The number of para-hydroxylation sites is 1. The third-order valence-electron chi connectivity index (χ3n) is 4.44. The van der Waals surface area contributed by atoms with Crippen molar-refractivity contribution in [2.45, 2.75) is 25.8 Å². The molecule has 0 saturated carbocycles. The van der Waals surface area contributed by atoms with Gasteiger partial charge in [0.2, 0.25) is 5.91 Å². The molecule has 6 nitrogen and oxygen atoms in total. The van der Waals surface area contributed by atoms with Gasteiger partial charge in [0.1, 0.15) is 6.54 Å². The number of nitrogens with zero attached hydrogens (tertiary/aromatic N) is 2. The van der Waals surface area contributed by atoms with Crippen molar-refractivity contribution < 1.29 is 4.79 Å². The second-order valence-corrected chi connectivity index (χ2v) is 7.39. The molecule has 152 valence electrons. The van der Waals surface area contributed by atoms with Crippen LogP contribution in [-0.2, 0) is 4.79 Å². The van der Waals surface area contributed by atoms with E-state index in [1.165, 1.54) is 5.00 Å². The number of amides is 1. The zero-order chi connectivity index (χ0) is 18.9. The molecule has 28 heavy (non-hydrogen) atoms. The van der Waals surface area contributed by atoms with Crippen molar-refractivity contribution in [1.82, 2.24) is 10.6 Å². The Labute approximate surface area is 187 Å². The van der Waals surface area contributed by atoms with Crippen LogP contribution in [0.3, 0.4) is 0 Å². The lowest BCUT2D eigenvalue weighted by Gasteiger charge is -2.33. The summed E-state index contributed by atoms with van der Waals surface area (Å²) in [6, 6.07) is 14.1. The molecule has 1 aromatic carbocycles. The summed E-state index contributed by atoms with van der Waals surface area (Å²) in [6.45, 7) is 4.96. The highest BCUT2D eigenvalue weighted by atomic mass is 127. The largest absolute Gasteiger partial charge is 0.363 e. The molecule has 0 aliphatic carbocycles. The lowest BCUT2D eigenvalue weighted by Crippen LogP contribution is -2.48. The summed E-state index contributed by atoms with van der Waals surface area (Å²) in [6.07, 6.45) is 2.11. The zero-order valence-electron chi connectivity index (χ0n) is 16.1. The van der Waals surface area contributed by atoms with E-state index in [9.17, 15) is 4.79 Å². The van der Waals surface area contributed by atoms with Crippen molar-refractivity contribution in [1.29, 1.82) is 0 Å². The first kappa shape index (κ1) is 22.5. The average Bonchev–Trinajstić information content (AvgIpc) is 3.22. The van der Waals surface area contributed by atoms with Crippen molar-refractivity contribution in [3.63, 3.8) is 0 Å². The second-order valence-electron chi connectivity index (χ2n) is 6.47. The van der Waals surface area contributed by atoms with Crippen molar-refractivity contribution >= 4 is 57.9 Å². The van der Waals surface area contributed by atoms with E-state index in [0.29, 0.717) is 12.0 Å². The topological polar surface area (TPSA) is 68.8 Å². The van der Waals surface area contributed by atoms with E-state index < -0.39 is 0 Å². The number of rotatable bonds is 6. The quantitative estimate of drug-likeness (QED) is 0.314. The molecule has 2 heterocycles. The molecular formula is C20H28IN5OS. The third-order valence-corrected chi connectivity index (χ3v) is 5.37. The van der Waals surface area contributed by atoms with Crippen LogP contribution in [0.15, 0.2) is 52.8 Å². The standard InChI is InChI=1S/C20H27N5OS.HI/c1-2-21-20(22-15-18(26)23-16-7-4-3-5-8-16)24-17-10-12-25(13-11-17)19-9-6-14-27-19;/h3-9,14,17H,2,10-13,15H2,1H3,(H,23,26)(H2,21,22,24);1H. The number of piperidine rings is 1. The Morgan fingerprint density at radius 3 is 2.57 bits per heavy atom. The van der Waals surface area contributed by atoms with Gasteiger partial charge in [-0.05, 0) is 49.4 Å². The minimum absolute atomic E-state index is 0. The van der Waals surface area contributed by atoms with Crippen LogP contribution < -0.4 is 20.9 Å². The Morgan fingerprint density at radius 1 is 1.18 bits per heavy atom. The van der Waals surface area contributed by atoms with E-state index in [1.807, 2.05) is 37.3 Å². The number of thiophene rings is 1. The molecule has 0 spiro atoms. The molecule has 1 amide bonds. The number of aliphatic imine (C=N–C) groups is 1. The molecule has 1 fully saturated rings. The van der Waals surface area contributed by atoms with Gasteiger partial charge >= 0.3 is 0 Å². The Bertz CT molecular complexity index is 730. The number of benzene rings is 1. The number of guanidine groups is 1. The maximum Gasteiger partial charge on any atom is 0.246 e. The van der Waals surface area contributed by atoms with Gasteiger partial charge in [-0.25, -0.2) is 4.99 Å². The molecule has 8 heteroatoms. The molecular weight excluding hydrogens is 485 g/mol. The minimum Gasteiger partial charge on any atom is -0.363 e. The molecule has 1 aliphatic heterocycles. The van der Waals surface area contributed by atoms with Gasteiger partial charge in [0, 0.05) is 31.4 Å². The van der Waals surface area contributed by atoms with E-state index in [2.05, 4.69) is 43.4 Å². The minimum atomic E-state index is -0.120. The van der Waals surface area contributed by atoms with Gasteiger partial charge in [-0.2, -0.15) is 0 Å². The van der Waals surface area contributed by atoms with Gasteiger partial charge in [-0.15, -0.1) is 35.3 Å². The molecule has 1 aliphatic rings. The molecule has 0 bridgehead atoms. The predicted molar refractivity (Wildman–Crippen MR) is 129 cm³/mol. The molecule has 3 N–H and O–H groups in total. The highest BCUT2D eigenvalue weighted by molar-refractivity contribution is 14.0. The van der Waals surface area contributed by atoms with Crippen LogP contribution in [-0.4, -0.2) is 44.1 Å². The predicted octanol–water partition coefficient (Wildman–Crippen LogP) is 3.53. The molecule has 2 aromatic rings. The van der Waals surface area contributed by atoms with Crippen LogP contribution in [0.4, 0.5) is 10.7 Å². The number of nitrogens with one attached hydrogen (secondary N) is 3. The molecule has 0 unspecified atom stereocenters. The van der Waals surface area contributed by atoms with Crippen molar-refractivity contribution in [2.24, 2.45) is 4.99 Å². The normalized spacial score (nSPS) is 14.9. The fourth-order valence-corrected chi connectivity index (χ4v) is 3.87. The summed E-state index contributed by atoms with van der Waals surface area (Å²) in [4.78, 5) is 19.0. The van der Waals surface area contributed by atoms with Gasteiger partial charge in [-0.3, -0.25) is 4.79 Å². The summed E-state index contributed by atoms with van der Waals surface area (Å²) >= 11 is 1.79. The van der Waals surface area contributed by atoms with Crippen LogP contribution in [0, 0.1) is 0 Å². The van der Waals surface area contributed by atoms with E-state index in [0.717, 1.165) is 38.2 Å². The smallest absolute Gasteiger partial charge is 0.246 e. The summed E-state index contributed by atoms with van der Waals surface area (Å²) in [5.41, 5.74) is 0.789. The Balaban J connectivity index is 0.00000280. The molecule has 1 saturated heterocycles. The number of carbonyl (C=O) groups is 1. The van der Waals surface area contributed by atoms with Crippen LogP contribution in [0.25, 0.3) is 0 Å². The summed E-state index contributed by atoms with van der Waals surface area (Å²) < 4.78 is 0. The number of anilines is 2. The fourth-order valence-electron chi connectivity index (χ4n) is 3.08. The maximum atomic E-state index is 12.1. The van der Waals surface area contributed by atoms with Gasteiger partial charge in [0.05, 0.1) is 5.00 Å². The Morgan fingerprint density at radius 2 is 1.93 bits per heavy atom. The molecule has 0 atom stereocenters. The molecule has 3 rings (SSSR count). The van der Waals surface area contributed by atoms with E-state index in [1.54, 1.807) is 11.3 Å². The number of hydrogen-bond acceptors (Lipinski definition) is 4. The highest BCUT2D eigenvalue weighted by Gasteiger charge is 2.20. The van der Waals surface area contributed by atoms with Crippen LogP contribution in [0.1, 0.15) is 19.8 Å². The van der Waals surface area contributed by atoms with E-state index in [-0.39, 0.29) is 36.4 Å². The van der Waals surface area contributed by atoms with E-state index in [4.69, 9.17) is 0 Å². The first-order valence-electron chi connectivity index (χ1n) is 9.43. The second kappa shape index (κ2) is 11.9. The summed E-state index contributed by atoms with van der Waals surface area (Å²) in [5.74, 6) is 0.584. The maximum absolute atomic E-state index is 12.1. The van der Waals surface area contributed by atoms with Crippen LogP contribution >= 0.6 is 35.3 Å². The van der Waals surface area contributed by atoms with Crippen molar-refractivity contribution in [3.8, 4) is 0 Å². The lowest BCUT2D eigenvalue weighted by atomic mass is 10.1. The Kier molecular flexibility index (Phi) is 9.56. The first-order valence-corrected chi connectivity index (χ1v) is 10.3. The fraction of sp³-hybridized carbons (Fsp3) is 0.400. The van der Waals surface area contributed by atoms with Gasteiger partial charge in [-0.1, -0.05) is 18.2 Å². The summed E-state index contributed by atoms with van der Waals surface area (Å²) in [5, 5.41) is 13.0. The van der Waals surface area contributed by atoms with Gasteiger partial charge in [0.25, 0.3) is 0 Å². The summed E-state index contributed by atoms with van der Waals surface area (Å²) in [7, 11) is 0. The third kappa shape index (κ3) is 6.97. The molecule has 1 aromatic heterocycles. The van der Waals surface area contributed by atoms with Crippen LogP contribution in [0.2, 0.25) is 0 Å². The van der Waals surface area contributed by atoms with Crippen molar-refractivity contribution in [3.05, 3.63) is 47.8 Å². The molecule has 0 radical (unpaired) electrons. The number of halogens is 1. The Hall–Kier alpha value is -1.81. The zero-order valence-corrected chi connectivity index (χ0v) is 19.2. The van der Waals surface area contributed by atoms with Gasteiger partial charge in [0.15, 0.2) is 5.96 Å².